The van der Waals surface area contributed by atoms with Gasteiger partial charge in [-0.05, 0) is 86.3 Å². The van der Waals surface area contributed by atoms with E-state index in [0.29, 0.717) is 0 Å². The molecule has 0 amide bonds. The molecule has 2 aromatic heterocycles. The zero-order valence-corrected chi connectivity index (χ0v) is 21.2. The lowest BCUT2D eigenvalue weighted by molar-refractivity contribution is 1.37. The summed E-state index contributed by atoms with van der Waals surface area (Å²) in [5.74, 6) is 0. The van der Waals surface area contributed by atoms with Gasteiger partial charge in [0.2, 0.25) is 0 Å². The minimum absolute atomic E-state index is 1.25. The third-order valence-corrected chi connectivity index (χ3v) is 8.46. The molecule has 0 saturated heterocycles. The third-order valence-electron chi connectivity index (χ3n) is 8.46. The van der Waals surface area contributed by atoms with Crippen LogP contribution >= 0.6 is 0 Å². The summed E-state index contributed by atoms with van der Waals surface area (Å²) in [7, 11) is 0. The second-order valence-electron chi connectivity index (χ2n) is 10.6. The fourth-order valence-electron chi connectivity index (χ4n) is 6.58. The summed E-state index contributed by atoms with van der Waals surface area (Å²) in [6.07, 6.45) is 0. The molecule has 2 heterocycles. The fraction of sp³-hybridized carbons (Fsp3) is 0. The molecule has 39 heavy (non-hydrogen) atoms. The van der Waals surface area contributed by atoms with Gasteiger partial charge in [-0.25, -0.2) is 0 Å². The van der Waals surface area contributed by atoms with Crippen molar-refractivity contribution in [2.75, 3.05) is 0 Å². The Hall–Kier alpha value is -5.14. The summed E-state index contributed by atoms with van der Waals surface area (Å²) in [6, 6.07) is 51.4. The van der Waals surface area contributed by atoms with E-state index in [1.807, 2.05) is 0 Å². The Labute approximate surface area is 225 Å². The number of fused-ring (bicyclic) bond motifs is 8. The lowest BCUT2D eigenvalue weighted by Gasteiger charge is -2.07. The molecule has 0 saturated carbocycles. The molecule has 0 radical (unpaired) electrons. The predicted molar refractivity (Wildman–Crippen MR) is 167 cm³/mol. The van der Waals surface area contributed by atoms with Crippen LogP contribution in [-0.2, 0) is 0 Å². The molecule has 0 N–H and O–H groups in total. The molecule has 7 aromatic carbocycles. The number of hydrogen-bond acceptors (Lipinski definition) is 0. The van der Waals surface area contributed by atoms with Crippen molar-refractivity contribution in [3.05, 3.63) is 140 Å². The number of aromatic nitrogens is 1. The van der Waals surface area contributed by atoms with E-state index in [9.17, 15) is 0 Å². The molecule has 0 fully saturated rings. The Balaban J connectivity index is 1.36. The van der Waals surface area contributed by atoms with Crippen LogP contribution in [0.3, 0.4) is 0 Å². The maximum Gasteiger partial charge on any atom is 0.0620 e. The molecule has 1 heteroatoms. The van der Waals surface area contributed by atoms with Crippen molar-refractivity contribution in [2.24, 2.45) is 0 Å². The van der Waals surface area contributed by atoms with Gasteiger partial charge in [-0.15, -0.1) is 0 Å². The topological polar surface area (TPSA) is 4.41 Å². The van der Waals surface area contributed by atoms with E-state index in [1.54, 1.807) is 0 Å². The first-order valence-corrected chi connectivity index (χ1v) is 13.5. The molecule has 0 atom stereocenters. The lowest BCUT2D eigenvalue weighted by Crippen LogP contribution is -1.82. The monoisotopic (exact) mass is 493 g/mol. The smallest absolute Gasteiger partial charge is 0.0620 e. The second kappa shape index (κ2) is 7.69. The van der Waals surface area contributed by atoms with Crippen molar-refractivity contribution in [3.63, 3.8) is 0 Å². The van der Waals surface area contributed by atoms with E-state index in [4.69, 9.17) is 0 Å². The molecule has 0 unspecified atom stereocenters. The largest absolute Gasteiger partial charge is 0.308 e. The minimum Gasteiger partial charge on any atom is -0.308 e. The summed E-state index contributed by atoms with van der Waals surface area (Å²) < 4.78 is 2.46. The quantitative estimate of drug-likeness (QED) is 0.226. The molecular formula is C38H23N. The molecule has 180 valence electrons. The fourth-order valence-corrected chi connectivity index (χ4v) is 6.58. The van der Waals surface area contributed by atoms with E-state index in [1.165, 1.54) is 81.9 Å². The molecule has 1 nitrogen and oxygen atoms in total. The normalized spacial score (nSPS) is 12.1. The minimum atomic E-state index is 1.25. The van der Waals surface area contributed by atoms with Crippen molar-refractivity contribution in [1.29, 1.82) is 0 Å². The maximum atomic E-state index is 2.46. The summed E-state index contributed by atoms with van der Waals surface area (Å²) in [4.78, 5) is 0. The highest BCUT2D eigenvalue weighted by Crippen LogP contribution is 2.43. The number of nitrogens with zero attached hydrogens (tertiary/aromatic N) is 1. The molecule has 0 aliphatic heterocycles. The summed E-state index contributed by atoms with van der Waals surface area (Å²) in [6.45, 7) is 0. The summed E-state index contributed by atoms with van der Waals surface area (Å²) in [5.41, 5.74) is 8.85. The zero-order valence-electron chi connectivity index (χ0n) is 21.2. The van der Waals surface area contributed by atoms with Gasteiger partial charge < -0.3 is 4.40 Å². The second-order valence-corrected chi connectivity index (χ2v) is 10.6. The SMILES string of the molecule is c1ccc2cc(-c3ccc4c(c3)c3cc(-c5ccc6ccccc6c5)cc5c6ccccc6n4c53)ccc2c1. The van der Waals surface area contributed by atoms with E-state index < -0.39 is 0 Å². The standard InChI is InChI=1S/C38H23N/c1-3-9-26-19-28(15-13-24(26)7-1)30-17-18-37-33(21-30)35-23-31(29-16-14-25-8-2-4-10-27(25)20-29)22-34-32-11-5-6-12-36(32)39(37)38(34)35/h1-23H. The highest BCUT2D eigenvalue weighted by atomic mass is 14.9. The van der Waals surface area contributed by atoms with Gasteiger partial charge in [-0.2, -0.15) is 0 Å². The van der Waals surface area contributed by atoms with Crippen LogP contribution in [0.2, 0.25) is 0 Å². The van der Waals surface area contributed by atoms with Crippen LogP contribution in [0, 0.1) is 0 Å². The van der Waals surface area contributed by atoms with Gasteiger partial charge in [-0.3, -0.25) is 0 Å². The van der Waals surface area contributed by atoms with Crippen molar-refractivity contribution >= 4 is 59.6 Å². The van der Waals surface area contributed by atoms with Crippen LogP contribution < -0.4 is 0 Å². The number of benzene rings is 7. The summed E-state index contributed by atoms with van der Waals surface area (Å²) in [5, 5.41) is 10.3. The van der Waals surface area contributed by atoms with Crippen molar-refractivity contribution < 1.29 is 0 Å². The Morgan fingerprint density at radius 2 is 0.795 bits per heavy atom. The molecule has 0 aliphatic rings. The Bertz CT molecular complexity index is 2390. The Morgan fingerprint density at radius 3 is 1.51 bits per heavy atom. The molecular weight excluding hydrogens is 470 g/mol. The van der Waals surface area contributed by atoms with Gasteiger partial charge in [0.1, 0.15) is 0 Å². The first kappa shape index (κ1) is 20.9. The molecule has 9 rings (SSSR count). The lowest BCUT2D eigenvalue weighted by atomic mass is 9.96. The average molecular weight is 494 g/mol. The van der Waals surface area contributed by atoms with Gasteiger partial charge in [0.15, 0.2) is 0 Å². The first-order valence-electron chi connectivity index (χ1n) is 13.5. The zero-order chi connectivity index (χ0) is 25.5. The van der Waals surface area contributed by atoms with Gasteiger partial charge in [0.05, 0.1) is 16.6 Å². The predicted octanol–water partition coefficient (Wildman–Crippen LogP) is 10.5. The van der Waals surface area contributed by atoms with Crippen LogP contribution in [0.5, 0.6) is 0 Å². The number of para-hydroxylation sites is 1. The molecule has 0 spiro atoms. The average Bonchev–Trinajstić information content (AvgIpc) is 3.51. The summed E-state index contributed by atoms with van der Waals surface area (Å²) >= 11 is 0. The van der Waals surface area contributed by atoms with E-state index in [0.717, 1.165) is 0 Å². The Morgan fingerprint density at radius 1 is 0.308 bits per heavy atom. The highest BCUT2D eigenvalue weighted by molar-refractivity contribution is 6.24. The van der Waals surface area contributed by atoms with E-state index in [2.05, 4.69) is 144 Å². The van der Waals surface area contributed by atoms with Crippen molar-refractivity contribution in [2.45, 2.75) is 0 Å². The maximum absolute atomic E-state index is 2.46. The van der Waals surface area contributed by atoms with Gasteiger partial charge in [0, 0.05) is 21.5 Å². The van der Waals surface area contributed by atoms with Crippen LogP contribution in [0.4, 0.5) is 0 Å². The van der Waals surface area contributed by atoms with Gasteiger partial charge in [-0.1, -0.05) is 97.1 Å². The van der Waals surface area contributed by atoms with E-state index >= 15 is 0 Å². The third kappa shape index (κ3) is 2.96. The van der Waals surface area contributed by atoms with Crippen molar-refractivity contribution in [1.82, 2.24) is 4.40 Å². The van der Waals surface area contributed by atoms with E-state index in [-0.39, 0.29) is 0 Å². The van der Waals surface area contributed by atoms with Crippen LogP contribution in [-0.4, -0.2) is 4.40 Å². The van der Waals surface area contributed by atoms with Crippen LogP contribution in [0.25, 0.3) is 81.9 Å². The number of hydrogen-bond donors (Lipinski definition) is 0. The van der Waals surface area contributed by atoms with Gasteiger partial charge in [0.25, 0.3) is 0 Å². The molecule has 0 bridgehead atoms. The number of rotatable bonds is 2. The van der Waals surface area contributed by atoms with Crippen LogP contribution in [0.15, 0.2) is 140 Å². The highest BCUT2D eigenvalue weighted by Gasteiger charge is 2.19. The Kier molecular flexibility index (Phi) is 4.11. The van der Waals surface area contributed by atoms with Gasteiger partial charge >= 0.3 is 0 Å². The first-order chi connectivity index (χ1) is 19.3. The molecule has 0 aliphatic carbocycles. The van der Waals surface area contributed by atoms with Crippen LogP contribution in [0.1, 0.15) is 0 Å². The molecule has 9 aromatic rings. The van der Waals surface area contributed by atoms with Crippen molar-refractivity contribution in [3.8, 4) is 22.3 Å².